The second-order valence-corrected chi connectivity index (χ2v) is 11.4. The molecule has 0 aliphatic carbocycles. The van der Waals surface area contributed by atoms with Gasteiger partial charge in [-0.25, -0.2) is 4.39 Å². The molecule has 4 aliphatic rings. The zero-order valence-corrected chi connectivity index (χ0v) is 22.2. The minimum absolute atomic E-state index is 0.0926. The molecular weight excluding hydrogens is 495 g/mol. The molecular formula is C31H35FN4O3. The largest absolute Gasteiger partial charge is 0.486 e. The van der Waals surface area contributed by atoms with Crippen LogP contribution in [0, 0.1) is 0 Å². The van der Waals surface area contributed by atoms with Gasteiger partial charge in [-0.3, -0.25) is 14.7 Å². The Morgan fingerprint density at radius 3 is 2.90 bits per heavy atom. The van der Waals surface area contributed by atoms with Crippen LogP contribution in [0.1, 0.15) is 52.4 Å². The van der Waals surface area contributed by atoms with Gasteiger partial charge in [0, 0.05) is 67.9 Å². The monoisotopic (exact) mass is 530 g/mol. The molecule has 7 rings (SSSR count). The van der Waals surface area contributed by atoms with E-state index < -0.39 is 12.3 Å². The molecule has 4 aliphatic heterocycles. The highest BCUT2D eigenvalue weighted by molar-refractivity contribution is 5.98. The Bertz CT molecular complexity index is 1370. The number of ether oxygens (including phenoxy) is 2. The predicted molar refractivity (Wildman–Crippen MR) is 147 cm³/mol. The Hall–Kier alpha value is -3.07. The number of aromatic nitrogens is 1. The van der Waals surface area contributed by atoms with Crippen molar-refractivity contribution in [2.24, 2.45) is 0 Å². The molecule has 3 saturated heterocycles. The Morgan fingerprint density at radius 1 is 1.10 bits per heavy atom. The van der Waals surface area contributed by atoms with Crippen LogP contribution in [0.15, 0.2) is 48.5 Å². The quantitative estimate of drug-likeness (QED) is 0.519. The molecule has 0 spiro atoms. The van der Waals surface area contributed by atoms with Crippen LogP contribution in [0.2, 0.25) is 0 Å². The third-order valence-electron chi connectivity index (χ3n) is 8.71. The molecule has 1 amide bonds. The van der Waals surface area contributed by atoms with Gasteiger partial charge in [0.1, 0.15) is 11.9 Å². The first-order chi connectivity index (χ1) is 19.1. The van der Waals surface area contributed by atoms with Crippen LogP contribution in [0.4, 0.5) is 4.39 Å². The van der Waals surface area contributed by atoms with Crippen molar-refractivity contribution in [3.63, 3.8) is 0 Å². The fourth-order valence-corrected chi connectivity index (χ4v) is 6.55. The van der Waals surface area contributed by atoms with E-state index in [0.29, 0.717) is 37.8 Å². The third kappa shape index (κ3) is 5.01. The number of alkyl halides is 1. The van der Waals surface area contributed by atoms with Crippen molar-refractivity contribution in [1.29, 1.82) is 0 Å². The Balaban J connectivity index is 0.987. The summed E-state index contributed by atoms with van der Waals surface area (Å²) in [6.45, 7) is 5.54. The van der Waals surface area contributed by atoms with Gasteiger partial charge in [0.15, 0.2) is 6.17 Å². The molecule has 1 unspecified atom stereocenters. The summed E-state index contributed by atoms with van der Waals surface area (Å²) in [7, 11) is 0. The number of halogens is 1. The first-order valence-electron chi connectivity index (χ1n) is 14.3. The molecule has 0 bridgehead atoms. The number of pyridine rings is 1. The van der Waals surface area contributed by atoms with Crippen molar-refractivity contribution in [3.05, 3.63) is 70.9 Å². The van der Waals surface area contributed by atoms with Crippen LogP contribution in [0.25, 0.3) is 10.9 Å². The normalized spacial score (nSPS) is 27.4. The van der Waals surface area contributed by atoms with E-state index in [2.05, 4.69) is 40.5 Å². The maximum absolute atomic E-state index is 15.1. The van der Waals surface area contributed by atoms with Crippen LogP contribution in [0.5, 0.6) is 5.75 Å². The molecule has 0 saturated carbocycles. The summed E-state index contributed by atoms with van der Waals surface area (Å²) in [5.41, 5.74) is 4.95. The first kappa shape index (κ1) is 24.9. The number of carbonyl (C=O) groups is 1. The summed E-state index contributed by atoms with van der Waals surface area (Å²) >= 11 is 0. The van der Waals surface area contributed by atoms with E-state index in [1.165, 1.54) is 0 Å². The fourth-order valence-electron chi connectivity index (χ4n) is 6.55. The minimum atomic E-state index is -1.07. The maximum atomic E-state index is 15.1. The van der Waals surface area contributed by atoms with Crippen molar-refractivity contribution >= 4 is 16.8 Å². The van der Waals surface area contributed by atoms with Crippen molar-refractivity contribution < 1.29 is 18.7 Å². The van der Waals surface area contributed by atoms with Gasteiger partial charge >= 0.3 is 0 Å². The van der Waals surface area contributed by atoms with E-state index in [4.69, 9.17) is 14.5 Å². The van der Waals surface area contributed by atoms with E-state index in [9.17, 15) is 4.79 Å². The van der Waals surface area contributed by atoms with E-state index in [1.54, 1.807) is 0 Å². The molecule has 8 heteroatoms. The second-order valence-electron chi connectivity index (χ2n) is 11.4. The zero-order chi connectivity index (χ0) is 26.3. The van der Waals surface area contributed by atoms with E-state index in [1.807, 2.05) is 23.1 Å². The molecule has 3 fully saturated rings. The summed E-state index contributed by atoms with van der Waals surface area (Å²) < 4.78 is 26.7. The number of amides is 1. The summed E-state index contributed by atoms with van der Waals surface area (Å²) in [6, 6.07) is 16.4. The van der Waals surface area contributed by atoms with Gasteiger partial charge in [0.2, 0.25) is 0 Å². The standard InChI is InChI=1S/C31H35FN4O3/c32-27-17-35(15-20-3-7-28-21(12-20)4-8-29(34-28)22-9-11-38-19-22)18-30(27)39-25-5-6-26-23(13-25)16-36(31(26)37)24-2-1-10-33-14-24/h3-8,12-13,22,24,27,30,33H,1-2,9-11,14-19H2/t22-,24?,27-,30+/m0/s1. The number of benzene rings is 2. The molecule has 1 aromatic heterocycles. The summed E-state index contributed by atoms with van der Waals surface area (Å²) in [6.07, 6.45) is 1.55. The Morgan fingerprint density at radius 2 is 2.05 bits per heavy atom. The number of nitrogens with zero attached hydrogens (tertiary/aromatic N) is 3. The lowest BCUT2D eigenvalue weighted by Gasteiger charge is -2.31. The first-order valence-corrected chi connectivity index (χ1v) is 14.3. The molecule has 39 heavy (non-hydrogen) atoms. The van der Waals surface area contributed by atoms with E-state index >= 15 is 4.39 Å². The minimum Gasteiger partial charge on any atom is -0.486 e. The molecule has 7 nitrogen and oxygen atoms in total. The number of rotatable bonds is 6. The van der Waals surface area contributed by atoms with Gasteiger partial charge in [-0.15, -0.1) is 0 Å². The lowest BCUT2D eigenvalue weighted by atomic mass is 10.0. The van der Waals surface area contributed by atoms with Crippen LogP contribution >= 0.6 is 0 Å². The van der Waals surface area contributed by atoms with Gasteiger partial charge in [0.25, 0.3) is 5.91 Å². The van der Waals surface area contributed by atoms with Crippen molar-refractivity contribution in [2.75, 3.05) is 39.4 Å². The number of likely N-dealkylation sites (tertiary alicyclic amines) is 1. The highest BCUT2D eigenvalue weighted by Crippen LogP contribution is 2.32. The summed E-state index contributed by atoms with van der Waals surface area (Å²) in [4.78, 5) is 21.9. The third-order valence-corrected chi connectivity index (χ3v) is 8.71. The Kier molecular flexibility index (Phi) is 6.70. The molecule has 5 heterocycles. The van der Waals surface area contributed by atoms with Crippen LogP contribution in [-0.4, -0.2) is 78.4 Å². The van der Waals surface area contributed by atoms with Crippen molar-refractivity contribution in [1.82, 2.24) is 20.1 Å². The van der Waals surface area contributed by atoms with Crippen LogP contribution < -0.4 is 10.1 Å². The lowest BCUT2D eigenvalue weighted by molar-refractivity contribution is 0.0674. The topological polar surface area (TPSA) is 66.9 Å². The molecule has 3 aromatic rings. The smallest absolute Gasteiger partial charge is 0.254 e. The highest BCUT2D eigenvalue weighted by Gasteiger charge is 2.36. The lowest BCUT2D eigenvalue weighted by Crippen LogP contribution is -2.46. The number of hydrogen-bond donors (Lipinski definition) is 1. The molecule has 2 aromatic carbocycles. The van der Waals surface area contributed by atoms with Gasteiger partial charge in [-0.1, -0.05) is 12.1 Å². The maximum Gasteiger partial charge on any atom is 0.254 e. The van der Waals surface area contributed by atoms with Crippen molar-refractivity contribution in [3.8, 4) is 5.75 Å². The second kappa shape index (κ2) is 10.5. The average molecular weight is 531 g/mol. The average Bonchev–Trinajstić information content (AvgIpc) is 3.69. The molecule has 0 radical (unpaired) electrons. The number of hydrogen-bond acceptors (Lipinski definition) is 6. The highest BCUT2D eigenvalue weighted by atomic mass is 19.1. The fraction of sp³-hybridized carbons (Fsp3) is 0.484. The number of nitrogens with one attached hydrogen (secondary N) is 1. The van der Waals surface area contributed by atoms with E-state index in [-0.39, 0.29) is 11.9 Å². The Labute approximate surface area is 228 Å². The predicted octanol–water partition coefficient (Wildman–Crippen LogP) is 4.05. The molecule has 1 N–H and O–H groups in total. The van der Waals surface area contributed by atoms with Crippen molar-refractivity contribution in [2.45, 2.75) is 56.6 Å². The van der Waals surface area contributed by atoms with Gasteiger partial charge < -0.3 is 19.7 Å². The van der Waals surface area contributed by atoms with Gasteiger partial charge in [-0.05, 0) is 73.3 Å². The van der Waals surface area contributed by atoms with E-state index in [0.717, 1.165) is 78.9 Å². The molecule has 4 atom stereocenters. The molecule has 204 valence electrons. The van der Waals surface area contributed by atoms with Gasteiger partial charge in [0.05, 0.1) is 12.1 Å². The van der Waals surface area contributed by atoms with Crippen LogP contribution in [0.3, 0.4) is 0 Å². The summed E-state index contributed by atoms with van der Waals surface area (Å²) in [5, 5.41) is 4.50. The number of carbonyl (C=O) groups excluding carboxylic acids is 1. The number of fused-ring (bicyclic) bond motifs is 2. The SMILES string of the molecule is O=C1c2ccc(O[C@@H]3CN(Cc4ccc5nc([C@H]6CCOC6)ccc5c4)C[C@@H]3F)cc2CN1C1CCCNC1. The zero-order valence-electron chi connectivity index (χ0n) is 22.2. The summed E-state index contributed by atoms with van der Waals surface area (Å²) in [5.74, 6) is 1.12. The van der Waals surface area contributed by atoms with Gasteiger partial charge in [-0.2, -0.15) is 0 Å². The van der Waals surface area contributed by atoms with Crippen LogP contribution in [-0.2, 0) is 17.8 Å². The number of piperidine rings is 1.